The molecule has 0 aromatic rings. The third-order valence-corrected chi connectivity index (χ3v) is 1.76. The zero-order valence-corrected chi connectivity index (χ0v) is 6.11. The minimum Gasteiger partial charge on any atom is -0.302 e. The second-order valence-corrected chi connectivity index (χ2v) is 2.56. The summed E-state index contributed by atoms with van der Waals surface area (Å²) in [5, 5.41) is 6.78. The average molecular weight is 128 g/mol. The number of hydrogen-bond donors (Lipinski definition) is 2. The number of nitrogens with one attached hydrogen (secondary N) is 2. The maximum absolute atomic E-state index is 3.41. The van der Waals surface area contributed by atoms with Gasteiger partial charge in [-0.25, -0.2) is 0 Å². The summed E-state index contributed by atoms with van der Waals surface area (Å²) in [4.78, 5) is 0. The van der Waals surface area contributed by atoms with Crippen molar-refractivity contribution < 1.29 is 0 Å². The van der Waals surface area contributed by atoms with Gasteiger partial charge in [0.2, 0.25) is 0 Å². The predicted octanol–water partition coefficient (Wildman–Crippen LogP) is 0.696. The molecule has 0 aromatic heterocycles. The van der Waals surface area contributed by atoms with Crippen LogP contribution in [0.2, 0.25) is 0 Å². The molecule has 9 heavy (non-hydrogen) atoms. The first kappa shape index (κ1) is 7.03. The van der Waals surface area contributed by atoms with E-state index in [9.17, 15) is 0 Å². The lowest BCUT2D eigenvalue weighted by atomic mass is 10.1. The Labute approximate surface area is 57.0 Å². The minimum atomic E-state index is 0.601. The Morgan fingerprint density at radius 1 is 1.56 bits per heavy atom. The van der Waals surface area contributed by atoms with Crippen molar-refractivity contribution in [3.63, 3.8) is 0 Å². The van der Waals surface area contributed by atoms with E-state index >= 15 is 0 Å². The molecular weight excluding hydrogens is 112 g/mol. The van der Waals surface area contributed by atoms with E-state index in [4.69, 9.17) is 0 Å². The van der Waals surface area contributed by atoms with Crippen LogP contribution < -0.4 is 10.6 Å². The molecule has 2 heteroatoms. The molecule has 0 saturated carbocycles. The van der Waals surface area contributed by atoms with Crippen LogP contribution in [-0.4, -0.2) is 19.3 Å². The molecule has 1 heterocycles. The zero-order chi connectivity index (χ0) is 6.53. The maximum Gasteiger partial charge on any atom is 0.0571 e. The molecule has 1 atom stereocenters. The average Bonchev–Trinajstić information content (AvgIpc) is 1.91. The monoisotopic (exact) mass is 128 g/mol. The maximum atomic E-state index is 3.41. The van der Waals surface area contributed by atoms with Gasteiger partial charge in [-0.05, 0) is 32.4 Å². The quantitative estimate of drug-likeness (QED) is 0.572. The second kappa shape index (κ2) is 3.85. The summed E-state index contributed by atoms with van der Waals surface area (Å²) < 4.78 is 0. The van der Waals surface area contributed by atoms with Crippen molar-refractivity contribution in [1.82, 2.24) is 10.6 Å². The Balaban J connectivity index is 2.08. The summed E-state index contributed by atoms with van der Waals surface area (Å²) in [5.41, 5.74) is 0. The van der Waals surface area contributed by atoms with Gasteiger partial charge in [-0.15, -0.1) is 0 Å². The minimum absolute atomic E-state index is 0.601. The Hall–Kier alpha value is -0.0800. The fraction of sp³-hybridized carbons (Fsp3) is 1.00. The summed E-state index contributed by atoms with van der Waals surface area (Å²) in [5.74, 6) is 0. The Morgan fingerprint density at radius 2 is 2.44 bits per heavy atom. The summed E-state index contributed by atoms with van der Waals surface area (Å²) in [6.07, 6.45) is 4.63. The molecule has 54 valence electrons. The highest BCUT2D eigenvalue weighted by Crippen LogP contribution is 2.03. The zero-order valence-electron chi connectivity index (χ0n) is 6.11. The van der Waals surface area contributed by atoms with E-state index in [2.05, 4.69) is 17.6 Å². The molecule has 2 N–H and O–H groups in total. The molecular formula is C7H16N2. The highest BCUT2D eigenvalue weighted by atomic mass is 15.1. The van der Waals surface area contributed by atoms with Crippen LogP contribution in [-0.2, 0) is 0 Å². The van der Waals surface area contributed by atoms with Crippen LogP contribution in [0.3, 0.4) is 0 Å². The van der Waals surface area contributed by atoms with Crippen molar-refractivity contribution in [2.45, 2.75) is 32.4 Å². The molecule has 2 nitrogen and oxygen atoms in total. The third kappa shape index (κ3) is 2.33. The van der Waals surface area contributed by atoms with Crippen LogP contribution >= 0.6 is 0 Å². The van der Waals surface area contributed by atoms with Gasteiger partial charge < -0.3 is 10.6 Å². The van der Waals surface area contributed by atoms with Crippen molar-refractivity contribution >= 4 is 0 Å². The smallest absolute Gasteiger partial charge is 0.0571 e. The highest BCUT2D eigenvalue weighted by molar-refractivity contribution is 4.68. The largest absolute Gasteiger partial charge is 0.302 e. The molecule has 1 aliphatic heterocycles. The lowest BCUT2D eigenvalue weighted by Gasteiger charge is -2.23. The Bertz CT molecular complexity index is 64.6. The number of rotatable bonds is 2. The second-order valence-electron chi connectivity index (χ2n) is 2.56. The van der Waals surface area contributed by atoms with Gasteiger partial charge in [0, 0.05) is 0 Å². The normalized spacial score (nSPS) is 28.3. The summed E-state index contributed by atoms with van der Waals surface area (Å²) in [6.45, 7) is 4.42. The van der Waals surface area contributed by atoms with Gasteiger partial charge in [0.25, 0.3) is 0 Å². The van der Waals surface area contributed by atoms with Gasteiger partial charge in [-0.3, -0.25) is 0 Å². The SMILES string of the molecule is CCNC1CCCCN1. The highest BCUT2D eigenvalue weighted by Gasteiger charge is 2.08. The lowest BCUT2D eigenvalue weighted by Crippen LogP contribution is -2.44. The van der Waals surface area contributed by atoms with E-state index in [1.165, 1.54) is 25.8 Å². The van der Waals surface area contributed by atoms with Crippen LogP contribution in [0.25, 0.3) is 0 Å². The Kier molecular flexibility index (Phi) is 3.01. The van der Waals surface area contributed by atoms with Crippen molar-refractivity contribution in [1.29, 1.82) is 0 Å². The van der Waals surface area contributed by atoms with E-state index in [1.54, 1.807) is 0 Å². The van der Waals surface area contributed by atoms with Crippen LogP contribution in [0.1, 0.15) is 26.2 Å². The molecule has 0 aromatic carbocycles. The first-order valence-corrected chi connectivity index (χ1v) is 3.90. The summed E-state index contributed by atoms with van der Waals surface area (Å²) >= 11 is 0. The van der Waals surface area contributed by atoms with Crippen molar-refractivity contribution in [2.24, 2.45) is 0 Å². The van der Waals surface area contributed by atoms with Gasteiger partial charge in [-0.2, -0.15) is 0 Å². The number of hydrogen-bond acceptors (Lipinski definition) is 2. The molecule has 0 bridgehead atoms. The molecule has 0 amide bonds. The molecule has 0 aliphatic carbocycles. The van der Waals surface area contributed by atoms with E-state index < -0.39 is 0 Å². The van der Waals surface area contributed by atoms with Gasteiger partial charge in [0.15, 0.2) is 0 Å². The molecule has 1 fully saturated rings. The molecule has 1 rings (SSSR count). The molecule has 0 spiro atoms. The van der Waals surface area contributed by atoms with E-state index in [-0.39, 0.29) is 0 Å². The van der Waals surface area contributed by atoms with E-state index in [0.717, 1.165) is 6.54 Å². The van der Waals surface area contributed by atoms with Gasteiger partial charge >= 0.3 is 0 Å². The van der Waals surface area contributed by atoms with Gasteiger partial charge in [-0.1, -0.05) is 6.92 Å². The molecule has 1 aliphatic rings. The van der Waals surface area contributed by atoms with Crippen molar-refractivity contribution in [2.75, 3.05) is 13.1 Å². The van der Waals surface area contributed by atoms with Gasteiger partial charge in [0.1, 0.15) is 0 Å². The molecule has 1 saturated heterocycles. The molecule has 1 unspecified atom stereocenters. The fourth-order valence-electron chi connectivity index (χ4n) is 1.27. The number of piperidine rings is 1. The predicted molar refractivity (Wildman–Crippen MR) is 39.3 cm³/mol. The fourth-order valence-corrected chi connectivity index (χ4v) is 1.27. The standard InChI is InChI=1S/C7H16N2/c1-2-8-7-5-3-4-6-9-7/h7-9H,2-6H2,1H3. The van der Waals surface area contributed by atoms with E-state index in [1.807, 2.05) is 0 Å². The first-order valence-electron chi connectivity index (χ1n) is 3.90. The topological polar surface area (TPSA) is 24.1 Å². The van der Waals surface area contributed by atoms with Crippen LogP contribution in [0.4, 0.5) is 0 Å². The van der Waals surface area contributed by atoms with Crippen molar-refractivity contribution in [3.8, 4) is 0 Å². The Morgan fingerprint density at radius 3 is 3.00 bits per heavy atom. The van der Waals surface area contributed by atoms with Crippen LogP contribution in [0.15, 0.2) is 0 Å². The summed E-state index contributed by atoms with van der Waals surface area (Å²) in [6, 6.07) is 0. The van der Waals surface area contributed by atoms with Gasteiger partial charge in [0.05, 0.1) is 6.17 Å². The summed E-state index contributed by atoms with van der Waals surface area (Å²) in [7, 11) is 0. The van der Waals surface area contributed by atoms with Crippen LogP contribution in [0.5, 0.6) is 0 Å². The van der Waals surface area contributed by atoms with E-state index in [0.29, 0.717) is 6.17 Å². The van der Waals surface area contributed by atoms with Crippen LogP contribution in [0, 0.1) is 0 Å². The molecule has 0 radical (unpaired) electrons. The lowest BCUT2D eigenvalue weighted by molar-refractivity contribution is 0.350. The first-order chi connectivity index (χ1) is 4.43. The van der Waals surface area contributed by atoms with Crippen molar-refractivity contribution in [3.05, 3.63) is 0 Å². The third-order valence-electron chi connectivity index (χ3n) is 1.76.